The van der Waals surface area contributed by atoms with Crippen LogP contribution in [0.25, 0.3) is 0 Å². The number of likely N-dealkylation sites (tertiary alicyclic amines) is 1. The standard InChI is InChI=1S/C15H21N5O4/c1-8-16-13(24-18-8)10-5-9(21)7-20(10)14(22)17-12-6-11(23-19-12)15(2,3)4/h6,9-10,21H,5,7H2,1-4H3,(H,17,19,22)/t9-,10-/m1/s1. The van der Waals surface area contributed by atoms with Gasteiger partial charge in [0.2, 0.25) is 5.89 Å². The lowest BCUT2D eigenvalue weighted by molar-refractivity contribution is 0.174. The van der Waals surface area contributed by atoms with Crippen LogP contribution in [-0.2, 0) is 5.41 Å². The molecule has 3 heterocycles. The van der Waals surface area contributed by atoms with E-state index in [9.17, 15) is 9.90 Å². The zero-order valence-electron chi connectivity index (χ0n) is 14.1. The minimum absolute atomic E-state index is 0.182. The molecule has 2 N–H and O–H groups in total. The van der Waals surface area contributed by atoms with Crippen LogP contribution in [0.4, 0.5) is 10.6 Å². The van der Waals surface area contributed by atoms with Gasteiger partial charge in [0.1, 0.15) is 11.8 Å². The van der Waals surface area contributed by atoms with E-state index in [1.165, 1.54) is 4.90 Å². The Morgan fingerprint density at radius 2 is 2.12 bits per heavy atom. The molecule has 1 fully saturated rings. The third kappa shape index (κ3) is 3.25. The fraction of sp³-hybridized carbons (Fsp3) is 0.600. The average Bonchev–Trinajstić information content (AvgIpc) is 3.17. The van der Waals surface area contributed by atoms with Gasteiger partial charge >= 0.3 is 6.03 Å². The molecule has 1 aliphatic heterocycles. The molecule has 0 saturated carbocycles. The lowest BCUT2D eigenvalue weighted by Gasteiger charge is -2.21. The normalized spacial score (nSPS) is 21.3. The van der Waals surface area contributed by atoms with E-state index >= 15 is 0 Å². The number of aliphatic hydroxyl groups excluding tert-OH is 1. The second-order valence-corrected chi connectivity index (χ2v) is 6.99. The maximum absolute atomic E-state index is 12.5. The van der Waals surface area contributed by atoms with Gasteiger partial charge in [0.05, 0.1) is 6.10 Å². The number of nitrogens with one attached hydrogen (secondary N) is 1. The van der Waals surface area contributed by atoms with E-state index in [0.717, 1.165) is 0 Å². The van der Waals surface area contributed by atoms with Crippen LogP contribution in [0, 0.1) is 6.92 Å². The number of rotatable bonds is 2. The Labute approximate surface area is 139 Å². The highest BCUT2D eigenvalue weighted by Gasteiger charge is 2.39. The van der Waals surface area contributed by atoms with E-state index in [-0.39, 0.29) is 12.0 Å². The largest absolute Gasteiger partial charge is 0.391 e. The highest BCUT2D eigenvalue weighted by Crippen LogP contribution is 2.32. The summed E-state index contributed by atoms with van der Waals surface area (Å²) >= 11 is 0. The minimum Gasteiger partial charge on any atom is -0.391 e. The van der Waals surface area contributed by atoms with Crippen LogP contribution in [0.5, 0.6) is 0 Å². The molecule has 0 spiro atoms. The highest BCUT2D eigenvalue weighted by atomic mass is 16.5. The maximum atomic E-state index is 12.5. The van der Waals surface area contributed by atoms with Crippen LogP contribution in [0.1, 0.15) is 50.7 Å². The molecule has 0 aliphatic carbocycles. The molecular formula is C15H21N5O4. The number of amides is 2. The van der Waals surface area contributed by atoms with E-state index in [1.54, 1.807) is 13.0 Å². The van der Waals surface area contributed by atoms with Crippen molar-refractivity contribution in [2.24, 2.45) is 0 Å². The van der Waals surface area contributed by atoms with Crippen molar-refractivity contribution in [3.8, 4) is 0 Å². The summed E-state index contributed by atoms with van der Waals surface area (Å²) in [6.07, 6.45) is -0.295. The van der Waals surface area contributed by atoms with Crippen LogP contribution in [-0.4, -0.2) is 44.0 Å². The second-order valence-electron chi connectivity index (χ2n) is 6.99. The fourth-order valence-electron chi connectivity index (χ4n) is 2.59. The summed E-state index contributed by atoms with van der Waals surface area (Å²) in [5.74, 6) is 1.79. The topological polar surface area (TPSA) is 118 Å². The molecule has 0 unspecified atom stereocenters. The Hall–Kier alpha value is -2.42. The fourth-order valence-corrected chi connectivity index (χ4v) is 2.59. The van der Waals surface area contributed by atoms with Crippen LogP contribution in [0.15, 0.2) is 15.1 Å². The number of anilines is 1. The molecule has 0 aromatic carbocycles. The predicted octanol–water partition coefficient (Wildman–Crippen LogP) is 2.00. The smallest absolute Gasteiger partial charge is 0.323 e. The highest BCUT2D eigenvalue weighted by molar-refractivity contribution is 5.88. The molecule has 3 rings (SSSR count). The number of hydrogen-bond donors (Lipinski definition) is 2. The van der Waals surface area contributed by atoms with Crippen LogP contribution in [0.3, 0.4) is 0 Å². The van der Waals surface area contributed by atoms with E-state index in [1.807, 2.05) is 20.8 Å². The van der Waals surface area contributed by atoms with Gasteiger partial charge in [-0.1, -0.05) is 31.1 Å². The molecule has 0 radical (unpaired) electrons. The Morgan fingerprint density at radius 1 is 1.38 bits per heavy atom. The summed E-state index contributed by atoms with van der Waals surface area (Å²) in [5, 5.41) is 20.2. The average molecular weight is 335 g/mol. The molecule has 2 amide bonds. The Bertz CT molecular complexity index is 732. The van der Waals surface area contributed by atoms with Crippen molar-refractivity contribution >= 4 is 11.8 Å². The number of aromatic nitrogens is 3. The number of carbonyl (C=O) groups is 1. The molecule has 1 aliphatic rings. The number of hydrogen-bond acceptors (Lipinski definition) is 7. The maximum Gasteiger partial charge on any atom is 0.323 e. The van der Waals surface area contributed by atoms with Crippen molar-refractivity contribution in [2.45, 2.75) is 51.7 Å². The number of carbonyl (C=O) groups excluding carboxylic acids is 1. The van der Waals surface area contributed by atoms with Crippen molar-refractivity contribution in [2.75, 3.05) is 11.9 Å². The number of urea groups is 1. The number of aryl methyl sites for hydroxylation is 1. The van der Waals surface area contributed by atoms with Gasteiger partial charge in [-0.15, -0.1) is 0 Å². The Morgan fingerprint density at radius 3 is 2.71 bits per heavy atom. The third-order valence-electron chi connectivity index (χ3n) is 3.85. The lowest BCUT2D eigenvalue weighted by Crippen LogP contribution is -2.35. The van der Waals surface area contributed by atoms with Crippen molar-refractivity contribution in [1.29, 1.82) is 0 Å². The SMILES string of the molecule is Cc1noc([C@H]2C[C@@H](O)CN2C(=O)Nc2cc(C(C)(C)C)on2)n1. The van der Waals surface area contributed by atoms with E-state index in [4.69, 9.17) is 9.05 Å². The molecule has 130 valence electrons. The number of aliphatic hydroxyl groups is 1. The van der Waals surface area contributed by atoms with Gasteiger partial charge in [-0.05, 0) is 6.92 Å². The first-order chi connectivity index (χ1) is 11.2. The van der Waals surface area contributed by atoms with Crippen LogP contribution >= 0.6 is 0 Å². The molecule has 9 nitrogen and oxygen atoms in total. The van der Waals surface area contributed by atoms with Gasteiger partial charge in [-0.2, -0.15) is 4.98 Å². The lowest BCUT2D eigenvalue weighted by atomic mass is 9.93. The number of nitrogens with zero attached hydrogens (tertiary/aromatic N) is 4. The predicted molar refractivity (Wildman–Crippen MR) is 83.3 cm³/mol. The molecular weight excluding hydrogens is 314 g/mol. The minimum atomic E-state index is -0.643. The molecule has 2 atom stereocenters. The summed E-state index contributed by atoms with van der Waals surface area (Å²) in [7, 11) is 0. The van der Waals surface area contributed by atoms with Gasteiger partial charge in [0.25, 0.3) is 0 Å². The summed E-state index contributed by atoms with van der Waals surface area (Å²) in [6.45, 7) is 7.85. The van der Waals surface area contributed by atoms with Crippen LogP contribution < -0.4 is 5.32 Å². The molecule has 24 heavy (non-hydrogen) atoms. The molecule has 0 bridgehead atoms. The van der Waals surface area contributed by atoms with Crippen molar-refractivity contribution in [3.05, 3.63) is 23.5 Å². The Kier molecular flexibility index (Phi) is 4.04. The van der Waals surface area contributed by atoms with Gasteiger partial charge in [-0.3, -0.25) is 5.32 Å². The van der Waals surface area contributed by atoms with Gasteiger partial charge in [0, 0.05) is 24.4 Å². The molecule has 9 heteroatoms. The first kappa shape index (κ1) is 16.4. The zero-order chi connectivity index (χ0) is 17.5. The Balaban J connectivity index is 1.74. The zero-order valence-corrected chi connectivity index (χ0v) is 14.1. The van der Waals surface area contributed by atoms with Crippen molar-refractivity contribution in [3.63, 3.8) is 0 Å². The monoisotopic (exact) mass is 335 g/mol. The van der Waals surface area contributed by atoms with Crippen LogP contribution in [0.2, 0.25) is 0 Å². The summed E-state index contributed by atoms with van der Waals surface area (Å²) < 4.78 is 10.4. The van der Waals surface area contributed by atoms with E-state index < -0.39 is 18.2 Å². The second kappa shape index (κ2) is 5.90. The van der Waals surface area contributed by atoms with E-state index in [2.05, 4.69) is 20.6 Å². The van der Waals surface area contributed by atoms with Crippen molar-refractivity contribution < 1.29 is 18.9 Å². The summed E-state index contributed by atoms with van der Waals surface area (Å²) in [6, 6.07) is 0.826. The van der Waals surface area contributed by atoms with Gasteiger partial charge in [0.15, 0.2) is 11.6 Å². The quantitative estimate of drug-likeness (QED) is 0.861. The first-order valence-corrected chi connectivity index (χ1v) is 7.77. The van der Waals surface area contributed by atoms with Gasteiger partial charge < -0.3 is 19.1 Å². The summed E-state index contributed by atoms with van der Waals surface area (Å²) in [5.41, 5.74) is -0.205. The van der Waals surface area contributed by atoms with Crippen molar-refractivity contribution in [1.82, 2.24) is 20.2 Å². The molecule has 2 aromatic rings. The van der Waals surface area contributed by atoms with Gasteiger partial charge in [-0.25, -0.2) is 4.79 Å². The van der Waals surface area contributed by atoms with E-state index in [0.29, 0.717) is 29.7 Å². The first-order valence-electron chi connectivity index (χ1n) is 7.77. The molecule has 1 saturated heterocycles. The third-order valence-corrected chi connectivity index (χ3v) is 3.85. The summed E-state index contributed by atoms with van der Waals surface area (Å²) in [4.78, 5) is 18.2. The molecule has 2 aromatic heterocycles. The number of β-amino-alcohol motifs (C(OH)–C–C–N with tert-alkyl or cyclic N) is 1.